The Hall–Kier alpha value is -2.62. The van der Waals surface area contributed by atoms with Gasteiger partial charge in [0.15, 0.2) is 0 Å². The fraction of sp³-hybridized carbons (Fsp3) is 0.471. The second-order valence-corrected chi connectivity index (χ2v) is 7.01. The quantitative estimate of drug-likeness (QED) is 0.695. The monoisotopic (exact) mass is 390 g/mol. The molecular weight excluding hydrogens is 368 g/mol. The molecule has 1 fully saturated rings. The van der Waals surface area contributed by atoms with Crippen LogP contribution in [-0.2, 0) is 4.79 Å². The lowest BCUT2D eigenvalue weighted by Gasteiger charge is -2.12. The number of hydrogen-bond acceptors (Lipinski definition) is 7. The molecule has 3 amide bonds. The maximum atomic E-state index is 12.0. The first kappa shape index (κ1) is 19.2. The molecule has 1 saturated carbocycles. The zero-order valence-corrected chi connectivity index (χ0v) is 15.9. The van der Waals surface area contributed by atoms with Crippen molar-refractivity contribution in [3.63, 3.8) is 0 Å². The first-order valence-corrected chi connectivity index (χ1v) is 9.89. The molecule has 10 heteroatoms. The van der Waals surface area contributed by atoms with Crippen molar-refractivity contribution in [1.29, 1.82) is 0 Å². The van der Waals surface area contributed by atoms with E-state index in [1.165, 1.54) is 4.68 Å². The number of aromatic nitrogens is 4. The minimum Gasteiger partial charge on any atom is -0.492 e. The van der Waals surface area contributed by atoms with E-state index in [9.17, 15) is 9.59 Å². The molecule has 0 aliphatic heterocycles. The summed E-state index contributed by atoms with van der Waals surface area (Å²) in [4.78, 5) is 23.9. The Morgan fingerprint density at radius 2 is 2.07 bits per heavy atom. The molecule has 1 aliphatic rings. The molecular formula is C17H22N6O3S. The number of urea groups is 1. The molecule has 3 rings (SSSR count). The molecule has 9 nitrogen and oxygen atoms in total. The van der Waals surface area contributed by atoms with Crippen molar-refractivity contribution >= 4 is 23.7 Å². The third-order valence-electron chi connectivity index (χ3n) is 4.11. The number of amides is 3. The van der Waals surface area contributed by atoms with E-state index in [0.717, 1.165) is 37.4 Å². The number of para-hydroxylation sites is 2. The Kier molecular flexibility index (Phi) is 6.64. The average Bonchev–Trinajstić information content (AvgIpc) is 3.32. The topological polar surface area (TPSA) is 111 Å². The van der Waals surface area contributed by atoms with Crippen LogP contribution in [0.1, 0.15) is 32.6 Å². The van der Waals surface area contributed by atoms with Crippen LogP contribution in [0.15, 0.2) is 29.4 Å². The summed E-state index contributed by atoms with van der Waals surface area (Å²) in [6.45, 7) is 2.41. The number of thioether (sulfide) groups is 1. The standard InChI is InChI=1S/C17H22N6O3S/c1-2-26-14-10-6-5-9-13(14)23-17(20-21-22-23)27-11-15(24)19-16(25)18-12-7-3-4-8-12/h5-6,9-10,12H,2-4,7-8,11H2,1H3,(H2,18,19,24,25). The van der Waals surface area contributed by atoms with Crippen molar-refractivity contribution in [1.82, 2.24) is 30.8 Å². The molecule has 0 unspecified atom stereocenters. The van der Waals surface area contributed by atoms with E-state index in [-0.39, 0.29) is 11.8 Å². The van der Waals surface area contributed by atoms with Crippen molar-refractivity contribution in [3.8, 4) is 11.4 Å². The summed E-state index contributed by atoms with van der Waals surface area (Å²) in [5.74, 6) is 0.271. The molecule has 1 aromatic heterocycles. The zero-order chi connectivity index (χ0) is 19.1. The second kappa shape index (κ2) is 9.36. The van der Waals surface area contributed by atoms with Gasteiger partial charge in [0, 0.05) is 6.04 Å². The minimum atomic E-state index is -0.450. The number of hydrogen-bond donors (Lipinski definition) is 2. The van der Waals surface area contributed by atoms with Gasteiger partial charge in [-0.15, -0.1) is 5.10 Å². The summed E-state index contributed by atoms with van der Waals surface area (Å²) in [5, 5.41) is 17.2. The van der Waals surface area contributed by atoms with Gasteiger partial charge >= 0.3 is 6.03 Å². The predicted molar refractivity (Wildman–Crippen MR) is 100.0 cm³/mol. The van der Waals surface area contributed by atoms with Crippen LogP contribution in [0, 0.1) is 0 Å². The molecule has 0 atom stereocenters. The van der Waals surface area contributed by atoms with Crippen LogP contribution in [0.4, 0.5) is 4.79 Å². The van der Waals surface area contributed by atoms with Crippen molar-refractivity contribution in [3.05, 3.63) is 24.3 Å². The van der Waals surface area contributed by atoms with Gasteiger partial charge in [-0.1, -0.05) is 36.7 Å². The molecule has 2 N–H and O–H groups in total. The number of ether oxygens (including phenoxy) is 1. The summed E-state index contributed by atoms with van der Waals surface area (Å²) in [7, 11) is 0. The number of imide groups is 1. The number of carbonyl (C=O) groups is 2. The average molecular weight is 390 g/mol. The number of rotatable bonds is 7. The summed E-state index contributed by atoms with van der Waals surface area (Å²) < 4.78 is 7.11. The molecule has 0 saturated heterocycles. The fourth-order valence-corrected chi connectivity index (χ4v) is 3.60. The molecule has 1 aromatic carbocycles. The van der Waals surface area contributed by atoms with E-state index in [2.05, 4.69) is 26.2 Å². The molecule has 0 bridgehead atoms. The van der Waals surface area contributed by atoms with Crippen molar-refractivity contribution in [2.75, 3.05) is 12.4 Å². The van der Waals surface area contributed by atoms with Crippen LogP contribution >= 0.6 is 11.8 Å². The lowest BCUT2D eigenvalue weighted by atomic mass is 10.2. The van der Waals surface area contributed by atoms with Crippen LogP contribution in [0.5, 0.6) is 5.75 Å². The van der Waals surface area contributed by atoms with Crippen LogP contribution in [0.3, 0.4) is 0 Å². The SMILES string of the molecule is CCOc1ccccc1-n1nnnc1SCC(=O)NC(=O)NC1CCCC1. The van der Waals surface area contributed by atoms with E-state index in [1.807, 2.05) is 31.2 Å². The molecule has 27 heavy (non-hydrogen) atoms. The highest BCUT2D eigenvalue weighted by Crippen LogP contribution is 2.25. The van der Waals surface area contributed by atoms with Gasteiger partial charge in [0.2, 0.25) is 11.1 Å². The van der Waals surface area contributed by atoms with E-state index in [4.69, 9.17) is 4.74 Å². The summed E-state index contributed by atoms with van der Waals surface area (Å²) in [6, 6.07) is 7.09. The van der Waals surface area contributed by atoms with E-state index < -0.39 is 11.9 Å². The number of nitrogens with one attached hydrogen (secondary N) is 2. The van der Waals surface area contributed by atoms with Gasteiger partial charge in [0.1, 0.15) is 11.4 Å². The highest BCUT2D eigenvalue weighted by molar-refractivity contribution is 7.99. The van der Waals surface area contributed by atoms with Crippen molar-refractivity contribution in [2.24, 2.45) is 0 Å². The van der Waals surface area contributed by atoms with Gasteiger partial charge in [-0.05, 0) is 42.3 Å². The molecule has 144 valence electrons. The lowest BCUT2D eigenvalue weighted by Crippen LogP contribution is -2.44. The maximum absolute atomic E-state index is 12.0. The molecule has 1 aliphatic carbocycles. The second-order valence-electron chi connectivity index (χ2n) is 6.07. The third kappa shape index (κ3) is 5.19. The number of benzene rings is 1. The van der Waals surface area contributed by atoms with Crippen LogP contribution < -0.4 is 15.4 Å². The highest BCUT2D eigenvalue weighted by Gasteiger charge is 2.19. The predicted octanol–water partition coefficient (Wildman–Crippen LogP) is 1.92. The van der Waals surface area contributed by atoms with Gasteiger partial charge in [0.25, 0.3) is 0 Å². The molecule has 1 heterocycles. The fourth-order valence-electron chi connectivity index (χ4n) is 2.91. The van der Waals surface area contributed by atoms with Crippen LogP contribution in [0.2, 0.25) is 0 Å². The van der Waals surface area contributed by atoms with E-state index in [0.29, 0.717) is 23.2 Å². The summed E-state index contributed by atoms with van der Waals surface area (Å²) in [5.41, 5.74) is 0.686. The first-order valence-electron chi connectivity index (χ1n) is 8.91. The van der Waals surface area contributed by atoms with Gasteiger partial charge < -0.3 is 10.1 Å². The Bertz CT molecular complexity index is 790. The Morgan fingerprint density at radius 3 is 2.85 bits per heavy atom. The van der Waals surface area contributed by atoms with Gasteiger partial charge in [-0.3, -0.25) is 10.1 Å². The smallest absolute Gasteiger partial charge is 0.321 e. The Morgan fingerprint density at radius 1 is 1.30 bits per heavy atom. The van der Waals surface area contributed by atoms with Gasteiger partial charge in [-0.2, -0.15) is 4.68 Å². The minimum absolute atomic E-state index is 0.0231. The largest absolute Gasteiger partial charge is 0.492 e. The summed E-state index contributed by atoms with van der Waals surface area (Å²) >= 11 is 1.15. The van der Waals surface area contributed by atoms with Crippen LogP contribution in [-0.4, -0.2) is 50.5 Å². The number of carbonyl (C=O) groups excluding carboxylic acids is 2. The van der Waals surface area contributed by atoms with E-state index in [1.54, 1.807) is 0 Å². The number of nitrogens with zero attached hydrogens (tertiary/aromatic N) is 4. The van der Waals surface area contributed by atoms with Gasteiger partial charge in [0.05, 0.1) is 12.4 Å². The Labute approximate surface area is 161 Å². The maximum Gasteiger partial charge on any atom is 0.321 e. The highest BCUT2D eigenvalue weighted by atomic mass is 32.2. The molecule has 0 spiro atoms. The lowest BCUT2D eigenvalue weighted by molar-refractivity contribution is -0.117. The molecule has 2 aromatic rings. The third-order valence-corrected chi connectivity index (χ3v) is 5.03. The number of tetrazole rings is 1. The van der Waals surface area contributed by atoms with E-state index >= 15 is 0 Å². The normalized spacial score (nSPS) is 14.1. The van der Waals surface area contributed by atoms with Crippen molar-refractivity contribution < 1.29 is 14.3 Å². The first-order chi connectivity index (χ1) is 13.2. The van der Waals surface area contributed by atoms with Crippen LogP contribution in [0.25, 0.3) is 5.69 Å². The molecule has 0 radical (unpaired) electrons. The van der Waals surface area contributed by atoms with Gasteiger partial charge in [-0.25, -0.2) is 4.79 Å². The van der Waals surface area contributed by atoms with Crippen molar-refractivity contribution in [2.45, 2.75) is 43.8 Å². The zero-order valence-electron chi connectivity index (χ0n) is 15.1. The summed E-state index contributed by atoms with van der Waals surface area (Å²) in [6.07, 6.45) is 4.15. The Balaban J connectivity index is 1.57.